The van der Waals surface area contributed by atoms with E-state index in [4.69, 9.17) is 23.2 Å². The van der Waals surface area contributed by atoms with Gasteiger partial charge in [0.15, 0.2) is 0 Å². The number of amides is 1. The molecule has 0 aromatic heterocycles. The second kappa shape index (κ2) is 8.11. The fourth-order valence-corrected chi connectivity index (χ4v) is 4.88. The van der Waals surface area contributed by atoms with Crippen molar-refractivity contribution < 1.29 is 4.79 Å². The van der Waals surface area contributed by atoms with E-state index in [0.29, 0.717) is 15.6 Å². The van der Waals surface area contributed by atoms with E-state index in [1.807, 2.05) is 16.7 Å². The first-order valence-corrected chi connectivity index (χ1v) is 10.1. The highest BCUT2D eigenvalue weighted by Crippen LogP contribution is 2.26. The minimum Gasteiger partial charge on any atom is -0.333 e. The Bertz CT molecular complexity index is 564. The van der Waals surface area contributed by atoms with E-state index in [1.165, 1.54) is 12.8 Å². The molecule has 23 heavy (non-hydrogen) atoms. The summed E-state index contributed by atoms with van der Waals surface area (Å²) in [6.07, 6.45) is 3.59. The summed E-state index contributed by atoms with van der Waals surface area (Å²) in [5, 5.41) is 1.01. The summed E-state index contributed by atoms with van der Waals surface area (Å²) in [5.41, 5.74) is 0.564. The molecule has 2 fully saturated rings. The van der Waals surface area contributed by atoms with Crippen molar-refractivity contribution in [3.63, 3.8) is 0 Å². The minimum atomic E-state index is 0.0402. The third-order valence-corrected chi connectivity index (χ3v) is 6.27. The van der Waals surface area contributed by atoms with Crippen LogP contribution in [0.2, 0.25) is 10.0 Å². The largest absolute Gasteiger partial charge is 0.333 e. The maximum absolute atomic E-state index is 13.0. The lowest BCUT2D eigenvalue weighted by atomic mass is 10.1. The van der Waals surface area contributed by atoms with Gasteiger partial charge in [-0.05, 0) is 56.3 Å². The summed E-state index contributed by atoms with van der Waals surface area (Å²) in [5.74, 6) is 2.17. The number of hydrogen-bond donors (Lipinski definition) is 0. The van der Waals surface area contributed by atoms with Crippen molar-refractivity contribution in [3.05, 3.63) is 33.8 Å². The van der Waals surface area contributed by atoms with Crippen LogP contribution in [0.25, 0.3) is 0 Å². The molecule has 1 atom stereocenters. The van der Waals surface area contributed by atoms with Crippen LogP contribution in [0.3, 0.4) is 0 Å². The molecule has 0 bridgehead atoms. The van der Waals surface area contributed by atoms with Crippen LogP contribution in [-0.2, 0) is 0 Å². The lowest BCUT2D eigenvalue weighted by Crippen LogP contribution is -2.47. The first-order valence-electron chi connectivity index (χ1n) is 8.21. The Kier molecular flexibility index (Phi) is 6.13. The lowest BCUT2D eigenvalue weighted by molar-refractivity contribution is 0.0667. The maximum atomic E-state index is 13.0. The zero-order valence-electron chi connectivity index (χ0n) is 13.1. The number of likely N-dealkylation sites (tertiary alicyclic amines) is 1. The Labute approximate surface area is 152 Å². The molecule has 0 radical (unpaired) electrons. The van der Waals surface area contributed by atoms with Crippen molar-refractivity contribution in [3.8, 4) is 0 Å². The van der Waals surface area contributed by atoms with Gasteiger partial charge >= 0.3 is 0 Å². The van der Waals surface area contributed by atoms with Gasteiger partial charge in [-0.1, -0.05) is 23.2 Å². The van der Waals surface area contributed by atoms with Crippen molar-refractivity contribution in [1.82, 2.24) is 9.80 Å². The van der Waals surface area contributed by atoms with Gasteiger partial charge in [0.25, 0.3) is 5.91 Å². The van der Waals surface area contributed by atoms with E-state index in [-0.39, 0.29) is 11.9 Å². The van der Waals surface area contributed by atoms with Gasteiger partial charge in [-0.2, -0.15) is 11.8 Å². The smallest absolute Gasteiger partial charge is 0.255 e. The van der Waals surface area contributed by atoms with E-state index in [0.717, 1.165) is 44.1 Å². The van der Waals surface area contributed by atoms with Crippen LogP contribution < -0.4 is 0 Å². The van der Waals surface area contributed by atoms with Gasteiger partial charge in [0.1, 0.15) is 0 Å². The van der Waals surface area contributed by atoms with Crippen LogP contribution in [0.1, 0.15) is 29.6 Å². The Balaban J connectivity index is 1.78. The average molecular weight is 373 g/mol. The molecule has 2 heterocycles. The van der Waals surface area contributed by atoms with E-state index >= 15 is 0 Å². The van der Waals surface area contributed by atoms with Crippen LogP contribution >= 0.6 is 35.0 Å². The van der Waals surface area contributed by atoms with Crippen LogP contribution in [0, 0.1) is 0 Å². The van der Waals surface area contributed by atoms with Crippen LogP contribution in [-0.4, -0.2) is 59.4 Å². The molecule has 3 rings (SSSR count). The summed E-state index contributed by atoms with van der Waals surface area (Å²) < 4.78 is 0. The minimum absolute atomic E-state index is 0.0402. The summed E-state index contributed by atoms with van der Waals surface area (Å²) in [6, 6.07) is 5.40. The zero-order valence-corrected chi connectivity index (χ0v) is 15.5. The topological polar surface area (TPSA) is 23.6 Å². The van der Waals surface area contributed by atoms with Crippen molar-refractivity contribution >= 4 is 40.9 Å². The van der Waals surface area contributed by atoms with Crippen LogP contribution in [0.4, 0.5) is 0 Å². The number of thioether (sulfide) groups is 1. The molecule has 0 spiro atoms. The molecule has 126 valence electrons. The number of nitrogens with zero attached hydrogens (tertiary/aromatic N) is 2. The summed E-state index contributed by atoms with van der Waals surface area (Å²) in [6.45, 7) is 4.10. The fourth-order valence-electron chi connectivity index (χ4n) is 3.33. The average Bonchev–Trinajstić information content (AvgIpc) is 2.91. The fraction of sp³-hybridized carbons (Fsp3) is 0.588. The number of carbonyl (C=O) groups is 1. The Hall–Kier alpha value is -0.420. The predicted octanol–water partition coefficient (Wildman–Crippen LogP) is 4.04. The molecule has 1 unspecified atom stereocenters. The maximum Gasteiger partial charge on any atom is 0.255 e. The molecule has 3 nitrogen and oxygen atoms in total. The Morgan fingerprint density at radius 3 is 2.70 bits per heavy atom. The van der Waals surface area contributed by atoms with Gasteiger partial charge in [0.2, 0.25) is 0 Å². The SMILES string of the molecule is O=C(c1ccc(Cl)cc1Cl)N1CCCSCC1CN1CCCC1. The second-order valence-corrected chi connectivity index (χ2v) is 8.21. The Morgan fingerprint density at radius 2 is 1.96 bits per heavy atom. The third-order valence-electron chi connectivity index (χ3n) is 4.53. The first-order chi connectivity index (χ1) is 11.1. The molecule has 0 saturated carbocycles. The standard InChI is InChI=1S/C17H22Cl2N2OS/c18-13-4-5-15(16(19)10-13)17(22)21-8-3-9-23-12-14(21)11-20-6-1-2-7-20/h4-5,10,14H,1-3,6-9,11-12H2. The molecule has 2 aliphatic rings. The lowest BCUT2D eigenvalue weighted by Gasteiger charge is -2.33. The molecule has 2 aliphatic heterocycles. The third kappa shape index (κ3) is 4.36. The Morgan fingerprint density at radius 1 is 1.17 bits per heavy atom. The molecular weight excluding hydrogens is 351 g/mol. The molecular formula is C17H22Cl2N2OS. The summed E-state index contributed by atoms with van der Waals surface area (Å²) in [4.78, 5) is 17.6. The quantitative estimate of drug-likeness (QED) is 0.799. The van der Waals surface area contributed by atoms with Crippen molar-refractivity contribution in [1.29, 1.82) is 0 Å². The van der Waals surface area contributed by atoms with E-state index in [1.54, 1.807) is 18.2 Å². The number of benzene rings is 1. The van der Waals surface area contributed by atoms with Gasteiger partial charge in [-0.25, -0.2) is 0 Å². The van der Waals surface area contributed by atoms with Crippen molar-refractivity contribution in [2.45, 2.75) is 25.3 Å². The monoisotopic (exact) mass is 372 g/mol. The van der Waals surface area contributed by atoms with E-state index < -0.39 is 0 Å². The molecule has 1 aromatic carbocycles. The molecule has 1 aromatic rings. The molecule has 0 N–H and O–H groups in total. The second-order valence-electron chi connectivity index (χ2n) is 6.21. The van der Waals surface area contributed by atoms with E-state index in [9.17, 15) is 4.79 Å². The number of rotatable bonds is 3. The van der Waals surface area contributed by atoms with Gasteiger partial charge in [-0.3, -0.25) is 4.79 Å². The summed E-state index contributed by atoms with van der Waals surface area (Å²) in [7, 11) is 0. The first kappa shape index (κ1) is 17.4. The van der Waals surface area contributed by atoms with Gasteiger partial charge in [-0.15, -0.1) is 0 Å². The van der Waals surface area contributed by atoms with Gasteiger partial charge < -0.3 is 9.80 Å². The van der Waals surface area contributed by atoms with Crippen LogP contribution in [0.15, 0.2) is 18.2 Å². The van der Waals surface area contributed by atoms with Crippen molar-refractivity contribution in [2.24, 2.45) is 0 Å². The molecule has 6 heteroatoms. The molecule has 0 aliphatic carbocycles. The number of hydrogen-bond acceptors (Lipinski definition) is 3. The zero-order chi connectivity index (χ0) is 16.2. The highest BCUT2D eigenvalue weighted by atomic mass is 35.5. The van der Waals surface area contributed by atoms with Gasteiger partial charge in [0.05, 0.1) is 16.6 Å². The number of halogens is 2. The van der Waals surface area contributed by atoms with E-state index in [2.05, 4.69) is 4.90 Å². The predicted molar refractivity (Wildman–Crippen MR) is 98.9 cm³/mol. The molecule has 2 saturated heterocycles. The molecule has 1 amide bonds. The normalized spacial score (nSPS) is 23.0. The van der Waals surface area contributed by atoms with Gasteiger partial charge in [0, 0.05) is 23.9 Å². The van der Waals surface area contributed by atoms with Crippen LogP contribution in [0.5, 0.6) is 0 Å². The highest BCUT2D eigenvalue weighted by molar-refractivity contribution is 7.99. The van der Waals surface area contributed by atoms with Crippen molar-refractivity contribution in [2.75, 3.05) is 37.7 Å². The number of carbonyl (C=O) groups excluding carboxylic acids is 1. The highest BCUT2D eigenvalue weighted by Gasteiger charge is 2.29. The summed E-state index contributed by atoms with van der Waals surface area (Å²) >= 11 is 14.2.